The molecule has 2 unspecified atom stereocenters. The maximum absolute atomic E-state index is 6.06. The Hall–Kier alpha value is -0.120. The van der Waals surface area contributed by atoms with E-state index < -0.39 is 0 Å². The number of nitrogens with one attached hydrogen (secondary N) is 1. The quantitative estimate of drug-likeness (QED) is 0.740. The highest BCUT2D eigenvalue weighted by Gasteiger charge is 2.37. The average molecular weight is 212 g/mol. The lowest BCUT2D eigenvalue weighted by molar-refractivity contribution is 0.154. The first-order chi connectivity index (χ1) is 7.21. The monoisotopic (exact) mass is 212 g/mol. The SMILES string of the molecule is CC1(CNC2CCCCC2)COCC1N. The van der Waals surface area contributed by atoms with E-state index in [9.17, 15) is 0 Å². The Morgan fingerprint density at radius 1 is 1.33 bits per heavy atom. The van der Waals surface area contributed by atoms with Gasteiger partial charge in [0.2, 0.25) is 0 Å². The number of hydrogen-bond acceptors (Lipinski definition) is 3. The van der Waals surface area contributed by atoms with Gasteiger partial charge >= 0.3 is 0 Å². The first-order valence-electron chi connectivity index (χ1n) is 6.27. The number of hydrogen-bond donors (Lipinski definition) is 2. The molecule has 1 saturated carbocycles. The summed E-state index contributed by atoms with van der Waals surface area (Å²) in [5.74, 6) is 0. The van der Waals surface area contributed by atoms with E-state index in [4.69, 9.17) is 10.5 Å². The van der Waals surface area contributed by atoms with Crippen LogP contribution in [0.25, 0.3) is 0 Å². The highest BCUT2D eigenvalue weighted by Crippen LogP contribution is 2.27. The van der Waals surface area contributed by atoms with Crippen LogP contribution in [-0.2, 0) is 4.74 Å². The second-order valence-electron chi connectivity index (χ2n) is 5.49. The van der Waals surface area contributed by atoms with Crippen molar-refractivity contribution in [3.8, 4) is 0 Å². The fraction of sp³-hybridized carbons (Fsp3) is 1.00. The Balaban J connectivity index is 1.76. The van der Waals surface area contributed by atoms with Crippen molar-refractivity contribution < 1.29 is 4.74 Å². The van der Waals surface area contributed by atoms with Crippen LogP contribution in [0.15, 0.2) is 0 Å². The van der Waals surface area contributed by atoms with Gasteiger partial charge in [0.1, 0.15) is 0 Å². The second kappa shape index (κ2) is 4.81. The molecule has 15 heavy (non-hydrogen) atoms. The van der Waals surface area contributed by atoms with Crippen molar-refractivity contribution in [1.29, 1.82) is 0 Å². The van der Waals surface area contributed by atoms with Crippen LogP contribution in [0.4, 0.5) is 0 Å². The Kier molecular flexibility index (Phi) is 3.65. The van der Waals surface area contributed by atoms with Crippen LogP contribution in [0, 0.1) is 5.41 Å². The van der Waals surface area contributed by atoms with Gasteiger partial charge in [0.05, 0.1) is 13.2 Å². The molecule has 0 spiro atoms. The predicted molar refractivity (Wildman–Crippen MR) is 61.8 cm³/mol. The van der Waals surface area contributed by atoms with Gasteiger partial charge in [-0.05, 0) is 12.8 Å². The zero-order chi connectivity index (χ0) is 10.7. The van der Waals surface area contributed by atoms with Gasteiger partial charge in [-0.15, -0.1) is 0 Å². The predicted octanol–water partition coefficient (Wildman–Crippen LogP) is 1.27. The minimum absolute atomic E-state index is 0.150. The van der Waals surface area contributed by atoms with Crippen LogP contribution in [0.2, 0.25) is 0 Å². The number of rotatable bonds is 3. The molecule has 1 aliphatic heterocycles. The molecular formula is C12H24N2O. The Morgan fingerprint density at radius 2 is 2.07 bits per heavy atom. The highest BCUT2D eigenvalue weighted by atomic mass is 16.5. The molecule has 1 heterocycles. The third-order valence-corrected chi connectivity index (χ3v) is 4.02. The summed E-state index contributed by atoms with van der Waals surface area (Å²) in [5, 5.41) is 3.67. The zero-order valence-electron chi connectivity index (χ0n) is 9.80. The second-order valence-corrected chi connectivity index (χ2v) is 5.49. The van der Waals surface area contributed by atoms with Crippen molar-refractivity contribution >= 4 is 0 Å². The fourth-order valence-electron chi connectivity index (χ4n) is 2.59. The van der Waals surface area contributed by atoms with E-state index >= 15 is 0 Å². The zero-order valence-corrected chi connectivity index (χ0v) is 9.80. The van der Waals surface area contributed by atoms with Gasteiger partial charge in [0, 0.05) is 24.0 Å². The van der Waals surface area contributed by atoms with Gasteiger partial charge in [-0.2, -0.15) is 0 Å². The molecule has 2 aliphatic rings. The summed E-state index contributed by atoms with van der Waals surface area (Å²) in [5.41, 5.74) is 6.21. The molecule has 88 valence electrons. The summed E-state index contributed by atoms with van der Waals surface area (Å²) in [6.45, 7) is 4.79. The average Bonchev–Trinajstić information content (AvgIpc) is 2.59. The van der Waals surface area contributed by atoms with Crippen molar-refractivity contribution in [2.75, 3.05) is 19.8 Å². The molecule has 0 aromatic carbocycles. The summed E-state index contributed by atoms with van der Waals surface area (Å²) in [6, 6.07) is 0.928. The van der Waals surface area contributed by atoms with Crippen molar-refractivity contribution in [2.24, 2.45) is 11.1 Å². The van der Waals surface area contributed by atoms with Crippen molar-refractivity contribution in [3.05, 3.63) is 0 Å². The number of nitrogens with two attached hydrogens (primary N) is 1. The van der Waals surface area contributed by atoms with E-state index in [1.807, 2.05) is 0 Å². The van der Waals surface area contributed by atoms with Gasteiger partial charge < -0.3 is 15.8 Å². The van der Waals surface area contributed by atoms with Crippen LogP contribution in [-0.4, -0.2) is 31.8 Å². The molecule has 3 nitrogen and oxygen atoms in total. The standard InChI is InChI=1S/C12H24N2O/c1-12(9-15-7-11(12)13)8-14-10-5-3-2-4-6-10/h10-11,14H,2-9,13H2,1H3. The van der Waals surface area contributed by atoms with E-state index in [-0.39, 0.29) is 11.5 Å². The molecule has 0 aromatic rings. The van der Waals surface area contributed by atoms with E-state index in [2.05, 4.69) is 12.2 Å². The Morgan fingerprint density at radius 3 is 2.67 bits per heavy atom. The van der Waals surface area contributed by atoms with Crippen LogP contribution in [0.5, 0.6) is 0 Å². The van der Waals surface area contributed by atoms with E-state index in [1.54, 1.807) is 0 Å². The lowest BCUT2D eigenvalue weighted by atomic mass is 9.85. The molecule has 2 fully saturated rings. The first kappa shape index (κ1) is 11.4. The van der Waals surface area contributed by atoms with Crippen molar-refractivity contribution in [3.63, 3.8) is 0 Å². The number of ether oxygens (including phenoxy) is 1. The van der Waals surface area contributed by atoms with E-state index in [0.717, 1.165) is 25.8 Å². The van der Waals surface area contributed by atoms with Crippen LogP contribution < -0.4 is 11.1 Å². The molecule has 0 radical (unpaired) electrons. The fourth-order valence-corrected chi connectivity index (χ4v) is 2.59. The van der Waals surface area contributed by atoms with Crippen LogP contribution in [0.3, 0.4) is 0 Å². The molecule has 0 bridgehead atoms. The lowest BCUT2D eigenvalue weighted by Gasteiger charge is -2.31. The smallest absolute Gasteiger partial charge is 0.0624 e. The largest absolute Gasteiger partial charge is 0.379 e. The van der Waals surface area contributed by atoms with Gasteiger partial charge in [0.25, 0.3) is 0 Å². The molecule has 3 N–H and O–H groups in total. The maximum atomic E-state index is 6.06. The van der Waals surface area contributed by atoms with Gasteiger partial charge in [-0.1, -0.05) is 26.2 Å². The molecule has 0 amide bonds. The van der Waals surface area contributed by atoms with Gasteiger partial charge in [-0.3, -0.25) is 0 Å². The van der Waals surface area contributed by atoms with Gasteiger partial charge in [-0.25, -0.2) is 0 Å². The molecule has 2 atom stereocenters. The van der Waals surface area contributed by atoms with Crippen LogP contribution >= 0.6 is 0 Å². The minimum Gasteiger partial charge on any atom is -0.379 e. The third kappa shape index (κ3) is 2.71. The van der Waals surface area contributed by atoms with E-state index in [0.29, 0.717) is 0 Å². The Labute approximate surface area is 92.7 Å². The van der Waals surface area contributed by atoms with Gasteiger partial charge in [0.15, 0.2) is 0 Å². The van der Waals surface area contributed by atoms with Crippen molar-refractivity contribution in [1.82, 2.24) is 5.32 Å². The first-order valence-corrected chi connectivity index (χ1v) is 6.27. The van der Waals surface area contributed by atoms with Crippen molar-refractivity contribution in [2.45, 2.75) is 51.1 Å². The molecule has 1 saturated heterocycles. The lowest BCUT2D eigenvalue weighted by Crippen LogP contribution is -2.48. The molecular weight excluding hydrogens is 188 g/mol. The normalized spacial score (nSPS) is 38.4. The molecule has 3 heteroatoms. The highest BCUT2D eigenvalue weighted by molar-refractivity contribution is 4.92. The Bertz CT molecular complexity index is 204. The summed E-state index contributed by atoms with van der Waals surface area (Å²) in [4.78, 5) is 0. The summed E-state index contributed by atoms with van der Waals surface area (Å²) in [7, 11) is 0. The summed E-state index contributed by atoms with van der Waals surface area (Å²) >= 11 is 0. The third-order valence-electron chi connectivity index (χ3n) is 4.02. The summed E-state index contributed by atoms with van der Waals surface area (Å²) in [6.07, 6.45) is 6.87. The molecule has 1 aliphatic carbocycles. The topological polar surface area (TPSA) is 47.3 Å². The van der Waals surface area contributed by atoms with E-state index in [1.165, 1.54) is 32.1 Å². The molecule has 0 aromatic heterocycles. The molecule has 2 rings (SSSR count). The van der Waals surface area contributed by atoms with Crippen LogP contribution in [0.1, 0.15) is 39.0 Å². The minimum atomic E-state index is 0.150. The summed E-state index contributed by atoms with van der Waals surface area (Å²) < 4.78 is 5.45. The maximum Gasteiger partial charge on any atom is 0.0624 e.